The van der Waals surface area contributed by atoms with Crippen LogP contribution in [0.3, 0.4) is 0 Å². The van der Waals surface area contributed by atoms with Gasteiger partial charge in [0.15, 0.2) is 0 Å². The van der Waals surface area contributed by atoms with Crippen LogP contribution in [0.4, 0.5) is 0 Å². The van der Waals surface area contributed by atoms with Crippen LogP contribution in [0.2, 0.25) is 0 Å². The normalized spacial score (nSPS) is 12.6. The van der Waals surface area contributed by atoms with E-state index in [2.05, 4.69) is 375 Å². The Bertz CT molecular complexity index is 5270. The van der Waals surface area contributed by atoms with E-state index in [9.17, 15) is 0 Å². The summed E-state index contributed by atoms with van der Waals surface area (Å²) >= 11 is 0. The summed E-state index contributed by atoms with van der Waals surface area (Å²) in [5, 5.41) is 19.6. The zero-order valence-corrected chi connectivity index (χ0v) is 93.0. The molecule has 0 spiro atoms. The maximum Gasteiger partial charge on any atom is 0.347 e. The third-order valence-electron chi connectivity index (χ3n) is 29.3. The number of aryl methyl sites for hydroxylation is 8. The van der Waals surface area contributed by atoms with Gasteiger partial charge in [0.25, 0.3) is 0 Å². The SMILES string of the molecule is C=CCCCCCc1cc(C(C)(C)C)cc(CCCCCC=C)c1OC(=O)c1cc(OCCCc2cn(CCC(c3ccc(C(C)(C)C)cc3)(c3ccc(C(C)(C)C)cc3)c3ccc(C(C)(C)C)cc3)nn2)c(C(=O)Oc2c(CCCCCC=C)cc(C(C)(C)C)cc2CCCCCC=C)cc1OCCCc1cn(CCC(c2ccc(C(C)(C)C)cc2)(c2ccc(C(C)(C)C)cc2)c2ccc(C(C)(C)C)cc2)nn1. The van der Waals surface area contributed by atoms with Crippen LogP contribution in [0.15, 0.2) is 245 Å². The van der Waals surface area contributed by atoms with Crippen molar-refractivity contribution in [3.63, 3.8) is 0 Å². The zero-order valence-electron chi connectivity index (χ0n) is 93.0. The van der Waals surface area contributed by atoms with Crippen LogP contribution in [0.1, 0.15) is 427 Å². The van der Waals surface area contributed by atoms with Gasteiger partial charge in [0, 0.05) is 36.3 Å². The summed E-state index contributed by atoms with van der Waals surface area (Å²) in [6.07, 6.45) is 33.5. The van der Waals surface area contributed by atoms with Crippen molar-refractivity contribution in [3.8, 4) is 23.0 Å². The number of hydrogen-bond acceptors (Lipinski definition) is 10. The van der Waals surface area contributed by atoms with Gasteiger partial charge in [-0.05, 0) is 297 Å². The third-order valence-corrected chi connectivity index (χ3v) is 29.3. The molecule has 0 aliphatic carbocycles. The number of rotatable bonds is 50. The van der Waals surface area contributed by atoms with Crippen molar-refractivity contribution in [1.82, 2.24) is 30.0 Å². The van der Waals surface area contributed by atoms with E-state index < -0.39 is 22.8 Å². The Morgan fingerprint density at radius 3 is 0.694 bits per heavy atom. The quantitative estimate of drug-likeness (QED) is 0.0119. The molecule has 770 valence electrons. The van der Waals surface area contributed by atoms with Crippen LogP contribution in [-0.4, -0.2) is 55.1 Å². The molecule has 0 N–H and O–H groups in total. The van der Waals surface area contributed by atoms with Crippen molar-refractivity contribution in [2.24, 2.45) is 0 Å². The molecule has 2 heterocycles. The molecular formula is C132H176N6O6. The molecule has 2 aromatic heterocycles. The highest BCUT2D eigenvalue weighted by atomic mass is 16.5. The molecule has 0 bridgehead atoms. The molecule has 0 radical (unpaired) electrons. The van der Waals surface area contributed by atoms with Gasteiger partial charge in [-0.3, -0.25) is 9.36 Å². The molecule has 0 aliphatic heterocycles. The molecule has 0 aliphatic rings. The summed E-state index contributed by atoms with van der Waals surface area (Å²) < 4.78 is 32.5. The number of carbonyl (C=O) groups is 2. The van der Waals surface area contributed by atoms with E-state index in [0.717, 1.165) is 136 Å². The van der Waals surface area contributed by atoms with Gasteiger partial charge >= 0.3 is 11.9 Å². The second kappa shape index (κ2) is 49.8. The largest absolute Gasteiger partial charge is 0.493 e. The van der Waals surface area contributed by atoms with Gasteiger partial charge in [-0.2, -0.15) is 0 Å². The first-order valence-electron chi connectivity index (χ1n) is 54.2. The molecule has 0 saturated carbocycles. The predicted molar refractivity (Wildman–Crippen MR) is 604 cm³/mol. The van der Waals surface area contributed by atoms with Gasteiger partial charge in [-0.15, -0.1) is 36.5 Å². The third kappa shape index (κ3) is 30.5. The van der Waals surface area contributed by atoms with Crippen molar-refractivity contribution in [2.45, 2.75) is 400 Å². The summed E-state index contributed by atoms with van der Waals surface area (Å²) in [6, 6.07) is 68.3. The first-order chi connectivity index (χ1) is 68.1. The van der Waals surface area contributed by atoms with Crippen LogP contribution in [0.5, 0.6) is 23.0 Å². The number of carbonyl (C=O) groups excluding carboxylic acids is 2. The number of nitrogens with zero attached hydrogens (tertiary/aromatic N) is 6. The average Bonchev–Trinajstić information content (AvgIpc) is 0.850. The Morgan fingerprint density at radius 1 is 0.271 bits per heavy atom. The Balaban J connectivity index is 1.000. The number of ether oxygens (including phenoxy) is 4. The molecule has 0 fully saturated rings. The number of hydrogen-bond donors (Lipinski definition) is 0. The highest BCUT2D eigenvalue weighted by Crippen LogP contribution is 2.49. The van der Waals surface area contributed by atoms with Crippen molar-refractivity contribution in [3.05, 3.63) is 368 Å². The maximum absolute atomic E-state index is 16.4. The smallest absolute Gasteiger partial charge is 0.347 e. The maximum atomic E-state index is 16.4. The van der Waals surface area contributed by atoms with E-state index >= 15 is 9.59 Å². The van der Waals surface area contributed by atoms with E-state index in [1.807, 2.05) is 33.7 Å². The molecular weight excluding hydrogens is 1770 g/mol. The van der Waals surface area contributed by atoms with Gasteiger partial charge in [0.1, 0.15) is 34.1 Å². The topological polar surface area (TPSA) is 132 Å². The first-order valence-corrected chi connectivity index (χ1v) is 54.2. The number of benzene rings is 9. The van der Waals surface area contributed by atoms with Crippen LogP contribution in [-0.2, 0) is 106 Å². The van der Waals surface area contributed by atoms with Crippen LogP contribution >= 0.6 is 0 Å². The molecule has 0 atom stereocenters. The average molecular weight is 1940 g/mol. The lowest BCUT2D eigenvalue weighted by molar-refractivity contribution is 0.0708. The standard InChI is InChI=1S/C132H176N6O6/c1-29-33-37-41-45-51-95-87-111(129(23,24)25)88-96(52-46-42-38-34-30-2)119(95)143-121(139)115-91-118(142-86-50-56-114-94-138(136-134-114)84-82-132(108-75-63-102(64-76-108)126(14,15)16,109-77-65-103(66-78-109)127(17,18)19)110-79-67-104(68-80-110)128(20,21)22)116(122(140)144-120-97(53-47-43-39-35-31-3)89-112(130(26,27)28)90-98(120)54-48-44-40-36-32-4)92-117(115)141-85-49-55-113-93-137(135-133-113)83-81-131(105-69-57-99(58-70-105)123(5,6)7,106-71-59-100(60-72-106)124(8,9)10)107-73-61-101(62-74-107)125(11,12)13/h29-32,57-80,87-94H,1-4,33-56,81-86H2,5-28H3. The highest BCUT2D eigenvalue weighted by molar-refractivity contribution is 6.00. The van der Waals surface area contributed by atoms with Crippen LogP contribution < -0.4 is 18.9 Å². The number of unbranched alkanes of at least 4 members (excludes halogenated alkanes) is 12. The second-order valence-electron chi connectivity index (χ2n) is 49.0. The minimum Gasteiger partial charge on any atom is -0.493 e. The molecule has 0 amide bonds. The minimum absolute atomic E-state index is 0.0393. The Morgan fingerprint density at radius 2 is 0.486 bits per heavy atom. The van der Waals surface area contributed by atoms with Gasteiger partial charge < -0.3 is 18.9 Å². The fourth-order valence-electron chi connectivity index (χ4n) is 19.9. The number of aromatic nitrogens is 6. The second-order valence-corrected chi connectivity index (χ2v) is 49.0. The van der Waals surface area contributed by atoms with E-state index in [0.29, 0.717) is 88.8 Å². The molecule has 12 nitrogen and oxygen atoms in total. The monoisotopic (exact) mass is 1940 g/mol. The van der Waals surface area contributed by atoms with E-state index in [1.54, 1.807) is 12.1 Å². The van der Waals surface area contributed by atoms with Crippen LogP contribution in [0, 0.1) is 0 Å². The zero-order chi connectivity index (χ0) is 105. The number of allylic oxidation sites excluding steroid dienone is 4. The fourth-order valence-corrected chi connectivity index (χ4v) is 19.9. The van der Waals surface area contributed by atoms with Crippen molar-refractivity contribution in [2.75, 3.05) is 13.2 Å². The lowest BCUT2D eigenvalue weighted by Gasteiger charge is -2.37. The molecule has 11 rings (SSSR count). The van der Waals surface area contributed by atoms with Crippen molar-refractivity contribution in [1.29, 1.82) is 0 Å². The van der Waals surface area contributed by atoms with Crippen molar-refractivity contribution < 1.29 is 28.5 Å². The Labute approximate surface area is 869 Å². The summed E-state index contributed by atoms with van der Waals surface area (Å²) in [4.78, 5) is 32.8. The lowest BCUT2D eigenvalue weighted by Crippen LogP contribution is -2.32. The fraction of sp³-hybridized carbons (Fsp3) is 0.485. The Hall–Kier alpha value is -11.2. The first kappa shape index (κ1) is 113. The van der Waals surface area contributed by atoms with Gasteiger partial charge in [-0.25, -0.2) is 9.59 Å². The van der Waals surface area contributed by atoms with Crippen LogP contribution in [0.25, 0.3) is 0 Å². The van der Waals surface area contributed by atoms with E-state index in [1.165, 1.54) is 77.9 Å². The molecule has 12 heteroatoms. The van der Waals surface area contributed by atoms with E-state index in [-0.39, 0.29) is 79.2 Å². The lowest BCUT2D eigenvalue weighted by atomic mass is 9.66. The minimum atomic E-state index is -0.625. The summed E-state index contributed by atoms with van der Waals surface area (Å²) in [7, 11) is 0. The Kier molecular flexibility index (Phi) is 39.1. The number of esters is 2. The molecule has 11 aromatic rings. The van der Waals surface area contributed by atoms with E-state index in [4.69, 9.17) is 39.6 Å². The van der Waals surface area contributed by atoms with Gasteiger partial charge in [0.05, 0.1) is 24.6 Å². The molecule has 9 aromatic carbocycles. The molecule has 144 heavy (non-hydrogen) atoms. The van der Waals surface area contributed by atoms with Gasteiger partial charge in [-0.1, -0.05) is 396 Å². The summed E-state index contributed by atoms with van der Waals surface area (Å²) in [5.74, 6) is 0.227. The predicted octanol–water partition coefficient (Wildman–Crippen LogP) is 33.7. The van der Waals surface area contributed by atoms with Gasteiger partial charge in [0.2, 0.25) is 0 Å². The summed E-state index contributed by atoms with van der Waals surface area (Å²) in [5.41, 5.74) is 21.2. The highest BCUT2D eigenvalue weighted by Gasteiger charge is 2.41. The molecule has 0 saturated heterocycles. The van der Waals surface area contributed by atoms with Crippen molar-refractivity contribution >= 4 is 11.9 Å². The molecule has 0 unspecified atom stereocenters. The summed E-state index contributed by atoms with van der Waals surface area (Å²) in [6.45, 7) is 72.0.